The molecule has 0 spiro atoms. The second-order valence-corrected chi connectivity index (χ2v) is 5.30. The van der Waals surface area contributed by atoms with Crippen LogP contribution in [0.4, 0.5) is 8.78 Å². The number of hydrogen-bond acceptors (Lipinski definition) is 4. The SMILES string of the molecule is O=C(CO)N1CCN(Cc2cc3c(F)c(F)ccc3o2)CC1. The molecule has 22 heavy (non-hydrogen) atoms. The van der Waals surface area contributed by atoms with Crippen LogP contribution in [0.1, 0.15) is 5.76 Å². The van der Waals surface area contributed by atoms with Gasteiger partial charge in [-0.1, -0.05) is 0 Å². The van der Waals surface area contributed by atoms with Crippen LogP contribution in [-0.4, -0.2) is 53.6 Å². The summed E-state index contributed by atoms with van der Waals surface area (Å²) in [7, 11) is 0. The first-order chi connectivity index (χ1) is 10.6. The van der Waals surface area contributed by atoms with E-state index in [1.54, 1.807) is 4.90 Å². The van der Waals surface area contributed by atoms with Crippen molar-refractivity contribution in [3.05, 3.63) is 35.6 Å². The van der Waals surface area contributed by atoms with Gasteiger partial charge in [-0.3, -0.25) is 9.69 Å². The third-order valence-corrected chi connectivity index (χ3v) is 3.88. The third-order valence-electron chi connectivity index (χ3n) is 3.88. The number of piperazine rings is 1. The normalized spacial score (nSPS) is 16.4. The summed E-state index contributed by atoms with van der Waals surface area (Å²) < 4.78 is 32.4. The summed E-state index contributed by atoms with van der Waals surface area (Å²) in [5.74, 6) is -1.51. The van der Waals surface area contributed by atoms with Gasteiger partial charge in [-0.25, -0.2) is 8.78 Å². The maximum Gasteiger partial charge on any atom is 0.248 e. The fourth-order valence-electron chi connectivity index (χ4n) is 2.66. The number of rotatable bonds is 3. The van der Waals surface area contributed by atoms with Crippen molar-refractivity contribution in [3.8, 4) is 0 Å². The predicted octanol–water partition coefficient (Wildman–Crippen LogP) is 1.35. The Balaban J connectivity index is 1.67. The first-order valence-electron chi connectivity index (χ1n) is 7.06. The minimum atomic E-state index is -0.897. The molecule has 2 heterocycles. The third kappa shape index (κ3) is 2.82. The summed E-state index contributed by atoms with van der Waals surface area (Å²) in [6, 6.07) is 3.97. The van der Waals surface area contributed by atoms with Crippen molar-refractivity contribution in [2.45, 2.75) is 6.54 Å². The average molecular weight is 310 g/mol. The van der Waals surface area contributed by atoms with E-state index in [0.29, 0.717) is 44.1 Å². The van der Waals surface area contributed by atoms with Crippen LogP contribution in [0.15, 0.2) is 22.6 Å². The molecule has 1 N–H and O–H groups in total. The Kier molecular flexibility index (Phi) is 4.08. The topological polar surface area (TPSA) is 56.9 Å². The van der Waals surface area contributed by atoms with Crippen molar-refractivity contribution in [2.75, 3.05) is 32.8 Å². The van der Waals surface area contributed by atoms with Crippen molar-refractivity contribution < 1.29 is 23.1 Å². The van der Waals surface area contributed by atoms with Crippen LogP contribution in [0.5, 0.6) is 0 Å². The maximum absolute atomic E-state index is 13.7. The first-order valence-corrected chi connectivity index (χ1v) is 7.06. The van der Waals surface area contributed by atoms with E-state index in [2.05, 4.69) is 4.90 Å². The molecule has 0 radical (unpaired) electrons. The van der Waals surface area contributed by atoms with Gasteiger partial charge < -0.3 is 14.4 Å². The second-order valence-electron chi connectivity index (χ2n) is 5.30. The molecule has 5 nitrogen and oxygen atoms in total. The van der Waals surface area contributed by atoms with E-state index in [1.807, 2.05) is 0 Å². The molecule has 0 unspecified atom stereocenters. The molecular weight excluding hydrogens is 294 g/mol. The van der Waals surface area contributed by atoms with E-state index < -0.39 is 18.2 Å². The van der Waals surface area contributed by atoms with Gasteiger partial charge in [0.25, 0.3) is 0 Å². The number of aliphatic hydroxyl groups is 1. The summed E-state index contributed by atoms with van der Waals surface area (Å²) in [5, 5.41) is 8.97. The van der Waals surface area contributed by atoms with Crippen LogP contribution >= 0.6 is 0 Å². The number of carbonyl (C=O) groups is 1. The molecule has 1 aromatic carbocycles. The summed E-state index contributed by atoms with van der Waals surface area (Å²) >= 11 is 0. The minimum absolute atomic E-state index is 0.143. The minimum Gasteiger partial charge on any atom is -0.460 e. The number of hydrogen-bond donors (Lipinski definition) is 1. The molecule has 1 aliphatic rings. The molecule has 0 atom stereocenters. The molecular formula is C15H16F2N2O3. The van der Waals surface area contributed by atoms with Gasteiger partial charge in [-0.2, -0.15) is 0 Å². The van der Waals surface area contributed by atoms with Crippen molar-refractivity contribution >= 4 is 16.9 Å². The Hall–Kier alpha value is -1.99. The number of halogens is 2. The van der Waals surface area contributed by atoms with Crippen molar-refractivity contribution in [1.29, 1.82) is 0 Å². The lowest BCUT2D eigenvalue weighted by Crippen LogP contribution is -2.49. The maximum atomic E-state index is 13.7. The lowest BCUT2D eigenvalue weighted by atomic mass is 10.2. The number of carbonyl (C=O) groups excluding carboxylic acids is 1. The van der Waals surface area contributed by atoms with Crippen LogP contribution in [0.25, 0.3) is 11.0 Å². The van der Waals surface area contributed by atoms with Crippen molar-refractivity contribution in [1.82, 2.24) is 9.80 Å². The lowest BCUT2D eigenvalue weighted by Gasteiger charge is -2.33. The zero-order valence-electron chi connectivity index (χ0n) is 11.9. The van der Waals surface area contributed by atoms with Gasteiger partial charge in [0, 0.05) is 26.2 Å². The molecule has 0 aliphatic carbocycles. The molecule has 0 saturated carbocycles. The number of amides is 1. The number of furan rings is 1. The number of nitrogens with zero attached hydrogens (tertiary/aromatic N) is 2. The van der Waals surface area contributed by atoms with Crippen LogP contribution < -0.4 is 0 Å². The molecule has 1 aliphatic heterocycles. The van der Waals surface area contributed by atoms with Crippen LogP contribution in [0.3, 0.4) is 0 Å². The number of aliphatic hydroxyl groups excluding tert-OH is 1. The van der Waals surface area contributed by atoms with E-state index in [9.17, 15) is 13.6 Å². The zero-order valence-corrected chi connectivity index (χ0v) is 11.9. The summed E-state index contributed by atoms with van der Waals surface area (Å²) in [5.41, 5.74) is 0.322. The Bertz CT molecular complexity index is 693. The van der Waals surface area contributed by atoms with E-state index in [4.69, 9.17) is 9.52 Å². The number of fused-ring (bicyclic) bond motifs is 1. The average Bonchev–Trinajstić information content (AvgIpc) is 2.94. The molecule has 118 valence electrons. The van der Waals surface area contributed by atoms with Gasteiger partial charge in [0.1, 0.15) is 18.0 Å². The smallest absolute Gasteiger partial charge is 0.248 e. The van der Waals surface area contributed by atoms with Gasteiger partial charge in [0.15, 0.2) is 11.6 Å². The second kappa shape index (κ2) is 6.02. The van der Waals surface area contributed by atoms with Crippen molar-refractivity contribution in [3.63, 3.8) is 0 Å². The van der Waals surface area contributed by atoms with Crippen molar-refractivity contribution in [2.24, 2.45) is 0 Å². The molecule has 1 amide bonds. The van der Waals surface area contributed by atoms with Gasteiger partial charge in [-0.05, 0) is 18.2 Å². The monoisotopic (exact) mass is 310 g/mol. The lowest BCUT2D eigenvalue weighted by molar-refractivity contribution is -0.136. The highest BCUT2D eigenvalue weighted by Crippen LogP contribution is 2.25. The zero-order chi connectivity index (χ0) is 15.7. The van der Waals surface area contributed by atoms with Gasteiger partial charge in [0.05, 0.1) is 11.9 Å². The highest BCUT2D eigenvalue weighted by molar-refractivity contribution is 5.78. The van der Waals surface area contributed by atoms with Gasteiger partial charge >= 0.3 is 0 Å². The predicted molar refractivity (Wildman–Crippen MR) is 75.1 cm³/mol. The summed E-state index contributed by atoms with van der Waals surface area (Å²) in [6.07, 6.45) is 0. The molecule has 1 fully saturated rings. The Morgan fingerprint density at radius 1 is 1.23 bits per heavy atom. The molecule has 2 aromatic rings. The largest absolute Gasteiger partial charge is 0.460 e. The molecule has 3 rings (SSSR count). The summed E-state index contributed by atoms with van der Waals surface area (Å²) in [6.45, 7) is 2.33. The van der Waals surface area contributed by atoms with Crippen LogP contribution in [0.2, 0.25) is 0 Å². The highest BCUT2D eigenvalue weighted by atomic mass is 19.2. The fraction of sp³-hybridized carbons (Fsp3) is 0.400. The fourth-order valence-corrected chi connectivity index (χ4v) is 2.66. The van der Waals surface area contributed by atoms with E-state index in [0.717, 1.165) is 6.07 Å². The van der Waals surface area contributed by atoms with E-state index in [1.165, 1.54) is 12.1 Å². The quantitative estimate of drug-likeness (QED) is 0.930. The highest BCUT2D eigenvalue weighted by Gasteiger charge is 2.21. The Morgan fingerprint density at radius 3 is 2.64 bits per heavy atom. The standard InChI is InChI=1S/C15H16F2N2O3/c16-12-1-2-13-11(15(12)17)7-10(22-13)8-18-3-5-19(6-4-18)14(21)9-20/h1-2,7,20H,3-6,8-9H2. The van der Waals surface area contributed by atoms with E-state index >= 15 is 0 Å². The van der Waals surface area contributed by atoms with E-state index in [-0.39, 0.29) is 11.3 Å². The summed E-state index contributed by atoms with van der Waals surface area (Å²) in [4.78, 5) is 15.0. The molecule has 1 aromatic heterocycles. The number of benzene rings is 1. The van der Waals surface area contributed by atoms with Gasteiger partial charge in [0.2, 0.25) is 5.91 Å². The van der Waals surface area contributed by atoms with Crippen LogP contribution in [-0.2, 0) is 11.3 Å². The molecule has 7 heteroatoms. The first kappa shape index (κ1) is 14.9. The molecule has 0 bridgehead atoms. The Labute approximate surface area is 125 Å². The van der Waals surface area contributed by atoms with Crippen LogP contribution in [0, 0.1) is 11.6 Å². The Morgan fingerprint density at radius 2 is 1.95 bits per heavy atom. The van der Waals surface area contributed by atoms with Gasteiger partial charge in [-0.15, -0.1) is 0 Å². The molecule has 1 saturated heterocycles.